The molecule has 17 heavy (non-hydrogen) atoms. The second kappa shape index (κ2) is 4.53. The SMILES string of the molecule is Nc1ccc(C/C=C2\CN3CCC2CC3)cc1. The van der Waals surface area contributed by atoms with Crippen molar-refractivity contribution in [3.8, 4) is 0 Å². The van der Waals surface area contributed by atoms with E-state index in [-0.39, 0.29) is 0 Å². The molecule has 2 N–H and O–H groups in total. The smallest absolute Gasteiger partial charge is 0.0314 e. The highest BCUT2D eigenvalue weighted by atomic mass is 15.1. The standard InChI is InChI=1S/C15H20N2/c16-15-5-2-12(3-6-15)1-4-14-11-17-9-7-13(14)8-10-17/h2-6,13H,1,7-11,16H2/b14-4+. The molecule has 2 bridgehead atoms. The van der Waals surface area contributed by atoms with Crippen LogP contribution in [0.4, 0.5) is 5.69 Å². The largest absolute Gasteiger partial charge is 0.399 e. The van der Waals surface area contributed by atoms with Crippen LogP contribution < -0.4 is 5.73 Å². The molecule has 1 aromatic carbocycles. The number of benzene rings is 1. The number of anilines is 1. The second-order valence-electron chi connectivity index (χ2n) is 5.28. The number of fused-ring (bicyclic) bond motifs is 3. The van der Waals surface area contributed by atoms with Crippen molar-refractivity contribution < 1.29 is 0 Å². The quantitative estimate of drug-likeness (QED) is 0.622. The van der Waals surface area contributed by atoms with Crippen molar-refractivity contribution in [3.63, 3.8) is 0 Å². The van der Waals surface area contributed by atoms with Gasteiger partial charge in [0.15, 0.2) is 0 Å². The summed E-state index contributed by atoms with van der Waals surface area (Å²) < 4.78 is 0. The molecule has 3 saturated heterocycles. The molecule has 0 unspecified atom stereocenters. The molecule has 90 valence electrons. The molecule has 2 nitrogen and oxygen atoms in total. The molecular weight excluding hydrogens is 208 g/mol. The Bertz CT molecular complexity index is 411. The Balaban J connectivity index is 1.68. The van der Waals surface area contributed by atoms with Gasteiger partial charge in [0.2, 0.25) is 0 Å². The maximum Gasteiger partial charge on any atom is 0.0314 e. The van der Waals surface area contributed by atoms with E-state index in [4.69, 9.17) is 5.73 Å². The van der Waals surface area contributed by atoms with Crippen LogP contribution in [0.5, 0.6) is 0 Å². The van der Waals surface area contributed by atoms with Gasteiger partial charge in [-0.1, -0.05) is 23.8 Å². The summed E-state index contributed by atoms with van der Waals surface area (Å²) in [6.07, 6.45) is 6.24. The van der Waals surface area contributed by atoms with Crippen molar-refractivity contribution in [2.24, 2.45) is 5.92 Å². The molecule has 0 aliphatic carbocycles. The van der Waals surface area contributed by atoms with Gasteiger partial charge in [-0.3, -0.25) is 4.90 Å². The summed E-state index contributed by atoms with van der Waals surface area (Å²) in [6, 6.07) is 8.25. The average molecular weight is 228 g/mol. The van der Waals surface area contributed by atoms with Crippen LogP contribution in [0.3, 0.4) is 0 Å². The van der Waals surface area contributed by atoms with Gasteiger partial charge in [-0.2, -0.15) is 0 Å². The lowest BCUT2D eigenvalue weighted by molar-refractivity contribution is 0.161. The van der Waals surface area contributed by atoms with Crippen LogP contribution >= 0.6 is 0 Å². The summed E-state index contributed by atoms with van der Waals surface area (Å²) in [5.41, 5.74) is 9.57. The monoisotopic (exact) mass is 228 g/mol. The normalized spacial score (nSPS) is 29.8. The molecule has 1 aromatic rings. The number of rotatable bonds is 2. The van der Waals surface area contributed by atoms with E-state index in [9.17, 15) is 0 Å². The Kier molecular flexibility index (Phi) is 2.89. The van der Waals surface area contributed by atoms with E-state index >= 15 is 0 Å². The Morgan fingerprint density at radius 1 is 1.18 bits per heavy atom. The van der Waals surface area contributed by atoms with Crippen LogP contribution in [-0.2, 0) is 6.42 Å². The Morgan fingerprint density at radius 3 is 2.47 bits per heavy atom. The fraction of sp³-hybridized carbons (Fsp3) is 0.467. The second-order valence-corrected chi connectivity index (χ2v) is 5.28. The topological polar surface area (TPSA) is 29.3 Å². The van der Waals surface area contributed by atoms with E-state index in [1.165, 1.54) is 38.0 Å². The Hall–Kier alpha value is -1.28. The van der Waals surface area contributed by atoms with Crippen molar-refractivity contribution in [1.82, 2.24) is 4.90 Å². The average Bonchev–Trinajstić information content (AvgIpc) is 2.39. The highest BCUT2D eigenvalue weighted by Crippen LogP contribution is 2.31. The molecule has 3 fully saturated rings. The number of piperidine rings is 3. The molecular formula is C15H20N2. The lowest BCUT2D eigenvalue weighted by atomic mass is 9.83. The Morgan fingerprint density at radius 2 is 1.88 bits per heavy atom. The van der Waals surface area contributed by atoms with Crippen molar-refractivity contribution >= 4 is 5.69 Å². The molecule has 0 atom stereocenters. The predicted octanol–water partition coefficient (Wildman–Crippen LogP) is 2.46. The maximum atomic E-state index is 5.69. The summed E-state index contributed by atoms with van der Waals surface area (Å²) in [7, 11) is 0. The van der Waals surface area contributed by atoms with Crippen LogP contribution in [0.15, 0.2) is 35.9 Å². The van der Waals surface area contributed by atoms with Crippen molar-refractivity contribution in [2.45, 2.75) is 19.3 Å². The molecule has 3 aliphatic heterocycles. The minimum Gasteiger partial charge on any atom is -0.399 e. The molecule has 0 saturated carbocycles. The molecule has 3 aliphatic rings. The number of hydrogen-bond acceptors (Lipinski definition) is 2. The number of nitrogen functional groups attached to an aromatic ring is 1. The summed E-state index contributed by atoms with van der Waals surface area (Å²) >= 11 is 0. The molecule has 3 heterocycles. The van der Waals surface area contributed by atoms with E-state index in [0.717, 1.165) is 18.0 Å². The van der Waals surface area contributed by atoms with Crippen molar-refractivity contribution in [1.29, 1.82) is 0 Å². The first-order valence-corrected chi connectivity index (χ1v) is 6.57. The predicted molar refractivity (Wildman–Crippen MR) is 71.8 cm³/mol. The van der Waals surface area contributed by atoms with Crippen LogP contribution in [-0.4, -0.2) is 24.5 Å². The van der Waals surface area contributed by atoms with E-state index in [1.54, 1.807) is 5.57 Å². The first kappa shape index (κ1) is 10.8. The lowest BCUT2D eigenvalue weighted by Gasteiger charge is -2.41. The van der Waals surface area contributed by atoms with E-state index in [2.05, 4.69) is 23.1 Å². The van der Waals surface area contributed by atoms with Crippen molar-refractivity contribution in [3.05, 3.63) is 41.5 Å². The number of allylic oxidation sites excluding steroid dienone is 1. The number of nitrogens with zero attached hydrogens (tertiary/aromatic N) is 1. The highest BCUT2D eigenvalue weighted by Gasteiger charge is 2.28. The van der Waals surface area contributed by atoms with Gasteiger partial charge in [0, 0.05) is 12.2 Å². The number of hydrogen-bond donors (Lipinski definition) is 1. The minimum atomic E-state index is 0.851. The third kappa shape index (κ3) is 2.37. The first-order valence-electron chi connectivity index (χ1n) is 6.57. The summed E-state index contributed by atoms with van der Waals surface area (Å²) in [6.45, 7) is 3.83. The van der Waals surface area contributed by atoms with E-state index < -0.39 is 0 Å². The van der Waals surface area contributed by atoms with Crippen molar-refractivity contribution in [2.75, 3.05) is 25.4 Å². The summed E-state index contributed by atoms with van der Waals surface area (Å²) in [4.78, 5) is 2.58. The third-order valence-electron chi connectivity index (χ3n) is 4.10. The molecule has 0 radical (unpaired) electrons. The molecule has 2 heteroatoms. The molecule has 0 aromatic heterocycles. The molecule has 0 spiro atoms. The van der Waals surface area contributed by atoms with E-state index in [1.807, 2.05) is 12.1 Å². The Labute approximate surface area is 103 Å². The van der Waals surface area contributed by atoms with Gasteiger partial charge in [-0.15, -0.1) is 0 Å². The fourth-order valence-corrected chi connectivity index (χ4v) is 2.98. The maximum absolute atomic E-state index is 5.69. The number of nitrogens with two attached hydrogens (primary N) is 1. The zero-order valence-electron chi connectivity index (χ0n) is 10.2. The molecule has 4 rings (SSSR count). The minimum absolute atomic E-state index is 0.851. The van der Waals surface area contributed by atoms with Crippen LogP contribution in [0.1, 0.15) is 18.4 Å². The summed E-state index contributed by atoms with van der Waals surface area (Å²) in [5.74, 6) is 0.869. The van der Waals surface area contributed by atoms with Gasteiger partial charge in [0.25, 0.3) is 0 Å². The molecule has 0 amide bonds. The van der Waals surface area contributed by atoms with Gasteiger partial charge < -0.3 is 5.73 Å². The van der Waals surface area contributed by atoms with Crippen LogP contribution in [0, 0.1) is 5.92 Å². The van der Waals surface area contributed by atoms with Gasteiger partial charge in [0.05, 0.1) is 0 Å². The third-order valence-corrected chi connectivity index (χ3v) is 4.10. The zero-order valence-corrected chi connectivity index (χ0v) is 10.2. The summed E-state index contributed by atoms with van der Waals surface area (Å²) in [5, 5.41) is 0. The van der Waals surface area contributed by atoms with Gasteiger partial charge in [-0.05, 0) is 56.0 Å². The van der Waals surface area contributed by atoms with Crippen LogP contribution in [0.25, 0.3) is 0 Å². The van der Waals surface area contributed by atoms with Gasteiger partial charge in [0.1, 0.15) is 0 Å². The van der Waals surface area contributed by atoms with Gasteiger partial charge in [-0.25, -0.2) is 0 Å². The highest BCUT2D eigenvalue weighted by molar-refractivity contribution is 5.39. The van der Waals surface area contributed by atoms with E-state index in [0.29, 0.717) is 0 Å². The van der Waals surface area contributed by atoms with Crippen LogP contribution in [0.2, 0.25) is 0 Å². The lowest BCUT2D eigenvalue weighted by Crippen LogP contribution is -2.43. The zero-order chi connectivity index (χ0) is 11.7. The fourth-order valence-electron chi connectivity index (χ4n) is 2.98. The van der Waals surface area contributed by atoms with Gasteiger partial charge >= 0.3 is 0 Å². The first-order chi connectivity index (χ1) is 8.31.